The van der Waals surface area contributed by atoms with Gasteiger partial charge in [-0.3, -0.25) is 4.79 Å². The zero-order valence-corrected chi connectivity index (χ0v) is 6.29. The fourth-order valence-corrected chi connectivity index (χ4v) is 0.794. The Bertz CT molecular complexity index is 248. The zero-order chi connectivity index (χ0) is 8.81. The molecular weight excluding hydrogens is 161 g/mol. The number of anilines is 1. The number of rotatable bonds is 4. The highest BCUT2D eigenvalue weighted by molar-refractivity contribution is 5.43. The molecular formula is C8H8FNO2. The molecule has 1 aromatic carbocycles. The lowest BCUT2D eigenvalue weighted by Gasteiger charge is -1.99. The van der Waals surface area contributed by atoms with Crippen LogP contribution in [0.4, 0.5) is 10.2 Å². The molecule has 0 fully saturated rings. The predicted molar refractivity (Wildman–Crippen MR) is 42.0 cm³/mol. The van der Waals surface area contributed by atoms with E-state index >= 15 is 0 Å². The minimum absolute atomic E-state index is 0.218. The third-order valence-electron chi connectivity index (χ3n) is 1.38. The predicted octanol–water partition coefficient (Wildman–Crippen LogP) is 1.66. The Morgan fingerprint density at radius 1 is 1.42 bits per heavy atom. The van der Waals surface area contributed by atoms with Crippen molar-refractivity contribution in [2.75, 3.05) is 5.54 Å². The molecule has 0 bridgehead atoms. The Morgan fingerprint density at radius 2 is 2.08 bits per heavy atom. The van der Waals surface area contributed by atoms with Crippen molar-refractivity contribution in [2.45, 2.75) is 6.61 Å². The van der Waals surface area contributed by atoms with Gasteiger partial charge in [-0.05, 0) is 17.7 Å². The van der Waals surface area contributed by atoms with Gasteiger partial charge in [-0.2, -0.15) is 0 Å². The standard InChI is InChI=1S/C8H8FNO2/c9-10-8-3-1-7(2-4-8)5-12-6-11/h1-4,6,10H,5H2. The summed E-state index contributed by atoms with van der Waals surface area (Å²) in [6.07, 6.45) is 0. The van der Waals surface area contributed by atoms with Crippen LogP contribution in [0.3, 0.4) is 0 Å². The van der Waals surface area contributed by atoms with Crippen LogP contribution in [0.25, 0.3) is 0 Å². The van der Waals surface area contributed by atoms with Crippen LogP contribution < -0.4 is 5.54 Å². The van der Waals surface area contributed by atoms with Gasteiger partial charge in [0.05, 0.1) is 5.69 Å². The maximum atomic E-state index is 11.8. The van der Waals surface area contributed by atoms with Crippen LogP contribution in [0, 0.1) is 0 Å². The lowest BCUT2D eigenvalue weighted by Crippen LogP contribution is -1.90. The molecule has 0 heterocycles. The van der Waals surface area contributed by atoms with Crippen molar-refractivity contribution in [3.63, 3.8) is 0 Å². The minimum Gasteiger partial charge on any atom is -0.463 e. The molecule has 0 unspecified atom stereocenters. The van der Waals surface area contributed by atoms with Gasteiger partial charge in [-0.1, -0.05) is 12.1 Å². The van der Waals surface area contributed by atoms with E-state index in [1.807, 2.05) is 0 Å². The molecule has 1 rings (SSSR count). The summed E-state index contributed by atoms with van der Waals surface area (Å²) >= 11 is 0. The summed E-state index contributed by atoms with van der Waals surface area (Å²) in [5.74, 6) is 0. The Hall–Kier alpha value is -1.58. The van der Waals surface area contributed by atoms with E-state index in [4.69, 9.17) is 0 Å². The molecule has 0 saturated heterocycles. The third-order valence-corrected chi connectivity index (χ3v) is 1.38. The topological polar surface area (TPSA) is 38.3 Å². The molecule has 3 nitrogen and oxygen atoms in total. The van der Waals surface area contributed by atoms with Crippen LogP contribution in [0.15, 0.2) is 24.3 Å². The highest BCUT2D eigenvalue weighted by atomic mass is 19.2. The monoisotopic (exact) mass is 169 g/mol. The van der Waals surface area contributed by atoms with Gasteiger partial charge in [-0.15, -0.1) is 4.48 Å². The second-order valence-electron chi connectivity index (χ2n) is 2.20. The lowest BCUT2D eigenvalue weighted by atomic mass is 10.2. The van der Waals surface area contributed by atoms with E-state index in [0.29, 0.717) is 12.2 Å². The maximum absolute atomic E-state index is 11.8. The summed E-state index contributed by atoms with van der Waals surface area (Å²) < 4.78 is 16.3. The first-order valence-electron chi connectivity index (χ1n) is 3.37. The fourth-order valence-electron chi connectivity index (χ4n) is 0.794. The largest absolute Gasteiger partial charge is 0.463 e. The van der Waals surface area contributed by atoms with Gasteiger partial charge in [-0.25, -0.2) is 5.54 Å². The molecule has 0 aliphatic carbocycles. The van der Waals surface area contributed by atoms with Crippen LogP contribution in [0.2, 0.25) is 0 Å². The molecule has 0 saturated carbocycles. The van der Waals surface area contributed by atoms with Gasteiger partial charge in [0, 0.05) is 0 Å². The summed E-state index contributed by atoms with van der Waals surface area (Å²) in [4.78, 5) is 9.81. The van der Waals surface area contributed by atoms with E-state index in [1.54, 1.807) is 24.3 Å². The molecule has 0 atom stereocenters. The number of halogens is 1. The van der Waals surface area contributed by atoms with Crippen LogP contribution in [0.5, 0.6) is 0 Å². The summed E-state index contributed by atoms with van der Waals surface area (Å²) in [6.45, 7) is 0.595. The van der Waals surface area contributed by atoms with Gasteiger partial charge in [0.2, 0.25) is 0 Å². The van der Waals surface area contributed by atoms with Crippen molar-refractivity contribution in [3.8, 4) is 0 Å². The second kappa shape index (κ2) is 4.33. The molecule has 0 aliphatic heterocycles. The Morgan fingerprint density at radius 3 is 2.58 bits per heavy atom. The molecule has 0 spiro atoms. The van der Waals surface area contributed by atoms with E-state index in [9.17, 15) is 9.28 Å². The lowest BCUT2D eigenvalue weighted by molar-refractivity contribution is -0.129. The first-order valence-corrected chi connectivity index (χ1v) is 3.37. The number of carbonyl (C=O) groups is 1. The van der Waals surface area contributed by atoms with E-state index in [-0.39, 0.29) is 6.61 Å². The van der Waals surface area contributed by atoms with Crippen LogP contribution in [-0.2, 0) is 16.1 Å². The van der Waals surface area contributed by atoms with Gasteiger partial charge in [0.1, 0.15) is 6.61 Å². The van der Waals surface area contributed by atoms with Crippen LogP contribution in [-0.4, -0.2) is 6.47 Å². The van der Waals surface area contributed by atoms with E-state index < -0.39 is 0 Å². The number of carbonyl (C=O) groups excluding carboxylic acids is 1. The molecule has 0 radical (unpaired) electrons. The van der Waals surface area contributed by atoms with Gasteiger partial charge in [0.15, 0.2) is 0 Å². The number of ether oxygens (including phenoxy) is 1. The first-order chi connectivity index (χ1) is 5.86. The fraction of sp³-hybridized carbons (Fsp3) is 0.125. The van der Waals surface area contributed by atoms with Crippen molar-refractivity contribution < 1.29 is 14.0 Å². The van der Waals surface area contributed by atoms with E-state index in [0.717, 1.165) is 5.56 Å². The average molecular weight is 169 g/mol. The summed E-state index contributed by atoms with van der Waals surface area (Å²) in [6, 6.07) is 6.46. The van der Waals surface area contributed by atoms with Crippen molar-refractivity contribution >= 4 is 12.2 Å². The highest BCUT2D eigenvalue weighted by Crippen LogP contribution is 2.09. The maximum Gasteiger partial charge on any atom is 0.293 e. The molecule has 64 valence electrons. The summed E-state index contributed by atoms with van der Waals surface area (Å²) in [7, 11) is 0. The summed E-state index contributed by atoms with van der Waals surface area (Å²) in [5, 5.41) is 0. The Kier molecular flexibility index (Phi) is 3.07. The second-order valence-corrected chi connectivity index (χ2v) is 2.20. The number of hydrogen-bond donors (Lipinski definition) is 1. The summed E-state index contributed by atoms with van der Waals surface area (Å²) in [5.41, 5.74) is 2.70. The number of hydrogen-bond acceptors (Lipinski definition) is 3. The van der Waals surface area contributed by atoms with E-state index in [2.05, 4.69) is 4.74 Å². The molecule has 1 N–H and O–H groups in total. The van der Waals surface area contributed by atoms with Gasteiger partial charge < -0.3 is 4.74 Å². The molecule has 12 heavy (non-hydrogen) atoms. The minimum atomic E-state index is 0.218. The van der Waals surface area contributed by atoms with Gasteiger partial charge >= 0.3 is 0 Å². The highest BCUT2D eigenvalue weighted by Gasteiger charge is 1.92. The van der Waals surface area contributed by atoms with Crippen LogP contribution in [0.1, 0.15) is 5.56 Å². The molecule has 4 heteroatoms. The molecule has 1 aromatic rings. The van der Waals surface area contributed by atoms with Gasteiger partial charge in [0.25, 0.3) is 6.47 Å². The smallest absolute Gasteiger partial charge is 0.293 e. The van der Waals surface area contributed by atoms with Crippen molar-refractivity contribution in [1.29, 1.82) is 0 Å². The zero-order valence-electron chi connectivity index (χ0n) is 6.29. The van der Waals surface area contributed by atoms with Crippen molar-refractivity contribution in [1.82, 2.24) is 0 Å². The normalized spacial score (nSPS) is 9.08. The molecule has 0 aliphatic rings. The SMILES string of the molecule is O=COCc1ccc(NF)cc1. The first kappa shape index (κ1) is 8.52. The quantitative estimate of drug-likeness (QED) is 0.550. The Balaban J connectivity index is 2.58. The molecule has 0 aromatic heterocycles. The number of benzene rings is 1. The average Bonchev–Trinajstić information content (AvgIpc) is 2.15. The van der Waals surface area contributed by atoms with Crippen molar-refractivity contribution in [2.24, 2.45) is 0 Å². The molecule has 0 amide bonds. The van der Waals surface area contributed by atoms with Crippen molar-refractivity contribution in [3.05, 3.63) is 29.8 Å². The third kappa shape index (κ3) is 2.23. The van der Waals surface area contributed by atoms with Crippen LogP contribution >= 0.6 is 0 Å². The van der Waals surface area contributed by atoms with E-state index in [1.165, 1.54) is 5.54 Å². The number of nitrogens with one attached hydrogen (secondary N) is 1. The Labute approximate surface area is 69.1 Å².